The van der Waals surface area contributed by atoms with Crippen LogP contribution >= 0.6 is 0 Å². The third-order valence-electron chi connectivity index (χ3n) is 3.88. The van der Waals surface area contributed by atoms with E-state index in [1.807, 2.05) is 37.3 Å². The normalized spacial score (nSPS) is 10.8. The summed E-state index contributed by atoms with van der Waals surface area (Å²) in [5.41, 5.74) is 2.84. The Bertz CT molecular complexity index is 1090. The predicted octanol–water partition coefficient (Wildman–Crippen LogP) is 4.02. The number of rotatable bonds is 6. The Kier molecular flexibility index (Phi) is 5.69. The Hall–Kier alpha value is -4.10. The van der Waals surface area contributed by atoms with Gasteiger partial charge in [-0.05, 0) is 30.7 Å². The van der Waals surface area contributed by atoms with Gasteiger partial charge in [-0.2, -0.15) is 15.5 Å². The highest BCUT2D eigenvalue weighted by atomic mass is 16.5. The number of nitrogens with zero attached hydrogens (tertiary/aromatic N) is 4. The van der Waals surface area contributed by atoms with E-state index in [4.69, 9.17) is 19.3 Å². The summed E-state index contributed by atoms with van der Waals surface area (Å²) in [4.78, 5) is 4.32. The van der Waals surface area contributed by atoms with Crippen LogP contribution in [0.25, 0.3) is 23.0 Å². The molecule has 7 heteroatoms. The molecule has 138 valence electrons. The fourth-order valence-electron chi connectivity index (χ4n) is 2.46. The average Bonchev–Trinajstić information content (AvgIpc) is 3.21. The minimum Gasteiger partial charge on any atom is -0.493 e. The van der Waals surface area contributed by atoms with Gasteiger partial charge in [-0.3, -0.25) is 0 Å². The number of allylic oxidation sites excluding steroid dienone is 1. The molecule has 0 unspecified atom stereocenters. The minimum absolute atomic E-state index is 0.0846. The van der Waals surface area contributed by atoms with Gasteiger partial charge in [-0.15, -0.1) is 0 Å². The van der Waals surface area contributed by atoms with Gasteiger partial charge in [0.1, 0.15) is 17.7 Å². The first-order valence-corrected chi connectivity index (χ1v) is 8.35. The average molecular weight is 372 g/mol. The highest BCUT2D eigenvalue weighted by Crippen LogP contribution is 2.30. The van der Waals surface area contributed by atoms with Crippen LogP contribution in [0.4, 0.5) is 0 Å². The molecule has 0 aliphatic heterocycles. The Morgan fingerprint density at radius 1 is 1.14 bits per heavy atom. The van der Waals surface area contributed by atoms with E-state index in [-0.39, 0.29) is 18.1 Å². The van der Waals surface area contributed by atoms with Gasteiger partial charge in [-0.1, -0.05) is 41.1 Å². The number of aryl methyl sites for hydroxylation is 1. The number of ether oxygens (including phenoxy) is 2. The molecule has 0 bridgehead atoms. The van der Waals surface area contributed by atoms with Gasteiger partial charge >= 0.3 is 0 Å². The molecule has 0 fully saturated rings. The summed E-state index contributed by atoms with van der Waals surface area (Å²) in [5.74, 6) is 1.43. The number of nitriles is 2. The maximum Gasteiger partial charge on any atom is 0.268 e. The lowest BCUT2D eigenvalue weighted by atomic mass is 10.1. The molecule has 2 aromatic carbocycles. The number of hydrogen-bond donors (Lipinski definition) is 0. The summed E-state index contributed by atoms with van der Waals surface area (Å²) < 4.78 is 15.8. The second-order valence-electron chi connectivity index (χ2n) is 5.82. The minimum atomic E-state index is -0.0846. The Labute approximate surface area is 162 Å². The lowest BCUT2D eigenvalue weighted by Crippen LogP contribution is -1.96. The van der Waals surface area contributed by atoms with Gasteiger partial charge in [0.15, 0.2) is 18.1 Å². The zero-order valence-electron chi connectivity index (χ0n) is 15.3. The van der Waals surface area contributed by atoms with E-state index in [9.17, 15) is 5.26 Å². The van der Waals surface area contributed by atoms with E-state index in [1.54, 1.807) is 24.3 Å². The van der Waals surface area contributed by atoms with Crippen LogP contribution in [0.1, 0.15) is 17.0 Å². The van der Waals surface area contributed by atoms with Crippen LogP contribution in [0.2, 0.25) is 0 Å². The van der Waals surface area contributed by atoms with E-state index in [2.05, 4.69) is 16.2 Å². The largest absolute Gasteiger partial charge is 0.493 e. The van der Waals surface area contributed by atoms with Gasteiger partial charge in [0.05, 0.1) is 7.11 Å². The number of hydrogen-bond acceptors (Lipinski definition) is 7. The van der Waals surface area contributed by atoms with Crippen molar-refractivity contribution in [2.24, 2.45) is 0 Å². The standard InChI is InChI=1S/C21H16N4O3/c1-14-3-6-16(7-4-14)20-24-21(28-25-20)17(13-23)11-15-5-8-18(27-10-9-22)19(12-15)26-2/h3-8,11-12H,10H2,1-2H3/b17-11+. The number of aromatic nitrogens is 2. The zero-order valence-corrected chi connectivity index (χ0v) is 15.3. The highest BCUT2D eigenvalue weighted by molar-refractivity contribution is 5.87. The molecule has 1 aromatic heterocycles. The quantitative estimate of drug-likeness (QED) is 0.602. The topological polar surface area (TPSA) is 105 Å². The fourth-order valence-corrected chi connectivity index (χ4v) is 2.46. The summed E-state index contributed by atoms with van der Waals surface area (Å²) in [5, 5.41) is 22.1. The summed E-state index contributed by atoms with van der Waals surface area (Å²) >= 11 is 0. The van der Waals surface area contributed by atoms with Crippen molar-refractivity contribution in [3.05, 3.63) is 59.5 Å². The molecule has 0 spiro atoms. The maximum absolute atomic E-state index is 9.52. The fraction of sp³-hybridized carbons (Fsp3) is 0.143. The molecule has 0 radical (unpaired) electrons. The van der Waals surface area contributed by atoms with Crippen LogP contribution in [-0.2, 0) is 0 Å². The monoisotopic (exact) mass is 372 g/mol. The van der Waals surface area contributed by atoms with Crippen LogP contribution in [0.5, 0.6) is 11.5 Å². The van der Waals surface area contributed by atoms with Crippen molar-refractivity contribution >= 4 is 11.6 Å². The zero-order chi connectivity index (χ0) is 19.9. The molecule has 0 N–H and O–H groups in total. The van der Waals surface area contributed by atoms with Gasteiger partial charge in [-0.25, -0.2) is 0 Å². The molecule has 3 rings (SSSR count). The molecule has 0 aliphatic rings. The first-order chi connectivity index (χ1) is 13.6. The first-order valence-electron chi connectivity index (χ1n) is 8.35. The lowest BCUT2D eigenvalue weighted by Gasteiger charge is -2.08. The molecule has 1 heterocycles. The van der Waals surface area contributed by atoms with Gasteiger partial charge in [0, 0.05) is 5.56 Å². The lowest BCUT2D eigenvalue weighted by molar-refractivity contribution is 0.329. The van der Waals surface area contributed by atoms with Gasteiger partial charge < -0.3 is 14.0 Å². The van der Waals surface area contributed by atoms with Crippen molar-refractivity contribution in [1.29, 1.82) is 10.5 Å². The second kappa shape index (κ2) is 8.52. The van der Waals surface area contributed by atoms with Crippen molar-refractivity contribution in [2.75, 3.05) is 13.7 Å². The molecule has 0 amide bonds. The van der Waals surface area contributed by atoms with Crippen LogP contribution in [0.15, 0.2) is 47.0 Å². The smallest absolute Gasteiger partial charge is 0.268 e. The summed E-state index contributed by atoms with van der Waals surface area (Å²) in [6.07, 6.45) is 1.61. The van der Waals surface area contributed by atoms with E-state index >= 15 is 0 Å². The third kappa shape index (κ3) is 4.17. The number of benzene rings is 2. The Morgan fingerprint density at radius 2 is 1.93 bits per heavy atom. The van der Waals surface area contributed by atoms with Crippen molar-refractivity contribution in [3.8, 4) is 35.0 Å². The van der Waals surface area contributed by atoms with Gasteiger partial charge in [0.2, 0.25) is 5.82 Å². The molecule has 28 heavy (non-hydrogen) atoms. The predicted molar refractivity (Wildman–Crippen MR) is 102 cm³/mol. The van der Waals surface area contributed by atoms with E-state index in [0.717, 1.165) is 11.1 Å². The van der Waals surface area contributed by atoms with Crippen LogP contribution < -0.4 is 9.47 Å². The Morgan fingerprint density at radius 3 is 2.61 bits per heavy atom. The van der Waals surface area contributed by atoms with Crippen LogP contribution in [0.3, 0.4) is 0 Å². The Balaban J connectivity index is 1.89. The SMILES string of the molecule is COc1cc(/C=C(\C#N)c2nc(-c3ccc(C)cc3)no2)ccc1OCC#N. The molecule has 0 saturated carbocycles. The molecular weight excluding hydrogens is 356 g/mol. The first kappa shape index (κ1) is 18.7. The maximum atomic E-state index is 9.52. The highest BCUT2D eigenvalue weighted by Gasteiger charge is 2.14. The van der Waals surface area contributed by atoms with Crippen molar-refractivity contribution in [1.82, 2.24) is 10.1 Å². The summed E-state index contributed by atoms with van der Waals surface area (Å²) in [6, 6.07) is 16.8. The van der Waals surface area contributed by atoms with Crippen molar-refractivity contribution in [3.63, 3.8) is 0 Å². The third-order valence-corrected chi connectivity index (χ3v) is 3.88. The van der Waals surface area contributed by atoms with E-state index < -0.39 is 0 Å². The number of methoxy groups -OCH3 is 1. The van der Waals surface area contributed by atoms with Crippen LogP contribution in [-0.4, -0.2) is 23.9 Å². The van der Waals surface area contributed by atoms with Crippen molar-refractivity contribution in [2.45, 2.75) is 6.92 Å². The summed E-state index contributed by atoms with van der Waals surface area (Å²) in [6.45, 7) is 1.91. The van der Waals surface area contributed by atoms with Gasteiger partial charge in [0.25, 0.3) is 5.89 Å². The molecular formula is C21H16N4O3. The molecule has 0 aliphatic carbocycles. The second-order valence-corrected chi connectivity index (χ2v) is 5.82. The molecule has 0 atom stereocenters. The van der Waals surface area contributed by atoms with Crippen molar-refractivity contribution < 1.29 is 14.0 Å². The summed E-state index contributed by atoms with van der Waals surface area (Å²) in [7, 11) is 1.50. The molecule has 0 saturated heterocycles. The van der Waals surface area contributed by atoms with E-state index in [1.165, 1.54) is 7.11 Å². The molecule has 7 nitrogen and oxygen atoms in total. The molecule has 3 aromatic rings. The van der Waals surface area contributed by atoms with E-state index in [0.29, 0.717) is 22.9 Å². The van der Waals surface area contributed by atoms with Crippen LogP contribution in [0, 0.1) is 29.6 Å².